The fourth-order valence-corrected chi connectivity index (χ4v) is 2.15. The van der Waals surface area contributed by atoms with Crippen LogP contribution in [0.2, 0.25) is 0 Å². The van der Waals surface area contributed by atoms with Crippen molar-refractivity contribution in [2.24, 2.45) is 11.1 Å². The van der Waals surface area contributed by atoms with Crippen LogP contribution in [-0.4, -0.2) is 16.7 Å². The Kier molecular flexibility index (Phi) is 6.87. The SMILES string of the molecule is CC(C)(C)[C@@H](O)[C@@H](N)c1ccc(SC(F)(F)F)cc1.Cl. The highest BCUT2D eigenvalue weighted by molar-refractivity contribution is 8.00. The zero-order valence-electron chi connectivity index (χ0n) is 11.4. The summed E-state index contributed by atoms with van der Waals surface area (Å²) in [6, 6.07) is 5.15. The molecule has 3 N–H and O–H groups in total. The van der Waals surface area contributed by atoms with Crippen molar-refractivity contribution in [3.63, 3.8) is 0 Å². The minimum absolute atomic E-state index is 0. The van der Waals surface area contributed by atoms with Crippen molar-refractivity contribution in [1.29, 1.82) is 0 Å². The molecular formula is C13H19ClF3NOS. The number of aliphatic hydroxyl groups excluding tert-OH is 1. The molecule has 1 aromatic carbocycles. The van der Waals surface area contributed by atoms with Crippen LogP contribution >= 0.6 is 24.2 Å². The van der Waals surface area contributed by atoms with Crippen LogP contribution in [0.1, 0.15) is 32.4 Å². The van der Waals surface area contributed by atoms with Crippen LogP contribution in [0.3, 0.4) is 0 Å². The molecule has 0 amide bonds. The first-order valence-corrected chi connectivity index (χ1v) is 6.62. The molecule has 0 fully saturated rings. The van der Waals surface area contributed by atoms with E-state index in [2.05, 4.69) is 0 Å². The van der Waals surface area contributed by atoms with E-state index in [1.165, 1.54) is 24.3 Å². The van der Waals surface area contributed by atoms with Gasteiger partial charge in [0.15, 0.2) is 0 Å². The highest BCUT2D eigenvalue weighted by Gasteiger charge is 2.30. The molecule has 0 heterocycles. The second-order valence-corrected chi connectivity index (χ2v) is 6.59. The third-order valence-corrected chi connectivity index (χ3v) is 3.47. The number of halogens is 4. The molecule has 20 heavy (non-hydrogen) atoms. The fraction of sp³-hybridized carbons (Fsp3) is 0.538. The van der Waals surface area contributed by atoms with E-state index in [1.807, 2.05) is 20.8 Å². The molecule has 1 aromatic rings. The van der Waals surface area contributed by atoms with Gasteiger partial charge in [-0.3, -0.25) is 0 Å². The van der Waals surface area contributed by atoms with Crippen molar-refractivity contribution in [3.05, 3.63) is 29.8 Å². The van der Waals surface area contributed by atoms with Gasteiger partial charge in [-0.15, -0.1) is 12.4 Å². The minimum atomic E-state index is -4.30. The monoisotopic (exact) mass is 329 g/mol. The predicted molar refractivity (Wildman–Crippen MR) is 78.0 cm³/mol. The summed E-state index contributed by atoms with van der Waals surface area (Å²) < 4.78 is 36.5. The number of hydrogen-bond donors (Lipinski definition) is 2. The summed E-state index contributed by atoms with van der Waals surface area (Å²) >= 11 is -0.168. The molecule has 0 aromatic heterocycles. The zero-order valence-corrected chi connectivity index (χ0v) is 13.1. The lowest BCUT2D eigenvalue weighted by Crippen LogP contribution is -2.36. The van der Waals surface area contributed by atoms with Gasteiger partial charge in [0, 0.05) is 4.90 Å². The number of benzene rings is 1. The lowest BCUT2D eigenvalue weighted by Gasteiger charge is -2.31. The first kappa shape index (κ1) is 19.6. The molecule has 0 aliphatic heterocycles. The van der Waals surface area contributed by atoms with Crippen LogP contribution < -0.4 is 5.73 Å². The summed E-state index contributed by atoms with van der Waals surface area (Å²) in [5.41, 5.74) is 1.86. The average Bonchev–Trinajstić information content (AvgIpc) is 2.24. The first-order chi connectivity index (χ1) is 8.50. The van der Waals surface area contributed by atoms with Gasteiger partial charge in [-0.25, -0.2) is 0 Å². The van der Waals surface area contributed by atoms with E-state index < -0.39 is 23.1 Å². The van der Waals surface area contributed by atoms with Gasteiger partial charge in [0.05, 0.1) is 12.1 Å². The van der Waals surface area contributed by atoms with Gasteiger partial charge in [0.25, 0.3) is 0 Å². The molecule has 0 aliphatic carbocycles. The fourth-order valence-electron chi connectivity index (χ4n) is 1.61. The van der Waals surface area contributed by atoms with E-state index >= 15 is 0 Å². The molecule has 2 nitrogen and oxygen atoms in total. The lowest BCUT2D eigenvalue weighted by atomic mass is 9.82. The highest BCUT2D eigenvalue weighted by atomic mass is 35.5. The maximum atomic E-state index is 12.2. The Hall–Kier alpha value is -0.430. The number of hydrogen-bond acceptors (Lipinski definition) is 3. The maximum Gasteiger partial charge on any atom is 0.446 e. The summed E-state index contributed by atoms with van der Waals surface area (Å²) in [5.74, 6) is 0. The molecule has 0 saturated carbocycles. The largest absolute Gasteiger partial charge is 0.446 e. The number of aliphatic hydroxyl groups is 1. The number of nitrogens with two attached hydrogens (primary N) is 1. The van der Waals surface area contributed by atoms with Crippen molar-refractivity contribution in [1.82, 2.24) is 0 Å². The standard InChI is InChI=1S/C13H18F3NOS.ClH/c1-12(2,3)11(18)10(17)8-4-6-9(7-5-8)19-13(14,15)16;/h4-7,10-11,18H,17H2,1-3H3;1H/t10-,11-;/m0./s1. The maximum absolute atomic E-state index is 12.2. The second-order valence-electron chi connectivity index (χ2n) is 5.45. The molecule has 2 atom stereocenters. The van der Waals surface area contributed by atoms with E-state index in [1.54, 1.807) is 0 Å². The molecule has 116 valence electrons. The third-order valence-electron chi connectivity index (χ3n) is 2.73. The Bertz CT molecular complexity index is 417. The Morgan fingerprint density at radius 3 is 1.90 bits per heavy atom. The van der Waals surface area contributed by atoms with Crippen molar-refractivity contribution < 1.29 is 18.3 Å². The first-order valence-electron chi connectivity index (χ1n) is 5.80. The summed E-state index contributed by atoms with van der Waals surface area (Å²) in [6.45, 7) is 5.56. The second kappa shape index (κ2) is 7.02. The summed E-state index contributed by atoms with van der Waals surface area (Å²) in [6.07, 6.45) is -0.770. The van der Waals surface area contributed by atoms with Crippen LogP contribution in [-0.2, 0) is 0 Å². The van der Waals surface area contributed by atoms with Gasteiger partial charge in [-0.1, -0.05) is 32.9 Å². The molecule has 0 spiro atoms. The Labute approximate surface area is 127 Å². The van der Waals surface area contributed by atoms with E-state index in [4.69, 9.17) is 5.73 Å². The quantitative estimate of drug-likeness (QED) is 0.820. The number of alkyl halides is 3. The Morgan fingerprint density at radius 2 is 1.55 bits per heavy atom. The highest BCUT2D eigenvalue weighted by Crippen LogP contribution is 2.37. The van der Waals surface area contributed by atoms with Crippen LogP contribution in [0, 0.1) is 5.41 Å². The van der Waals surface area contributed by atoms with Gasteiger partial charge in [-0.2, -0.15) is 13.2 Å². The third kappa shape index (κ3) is 5.91. The van der Waals surface area contributed by atoms with Crippen molar-refractivity contribution >= 4 is 24.2 Å². The summed E-state index contributed by atoms with van der Waals surface area (Å²) in [4.78, 5) is 0.105. The van der Waals surface area contributed by atoms with Gasteiger partial charge in [0.2, 0.25) is 0 Å². The molecule has 0 saturated heterocycles. The van der Waals surface area contributed by atoms with Gasteiger partial charge >= 0.3 is 5.51 Å². The number of thioether (sulfide) groups is 1. The molecule has 0 bridgehead atoms. The Balaban J connectivity index is 0.00000361. The van der Waals surface area contributed by atoms with Crippen LogP contribution in [0.4, 0.5) is 13.2 Å². The molecule has 0 aliphatic rings. The normalized spacial score (nSPS) is 15.4. The topological polar surface area (TPSA) is 46.2 Å². The zero-order chi connectivity index (χ0) is 14.8. The number of rotatable bonds is 3. The minimum Gasteiger partial charge on any atom is -0.391 e. The van der Waals surface area contributed by atoms with Crippen molar-refractivity contribution in [2.75, 3.05) is 0 Å². The molecular weight excluding hydrogens is 311 g/mol. The molecule has 0 radical (unpaired) electrons. The van der Waals surface area contributed by atoms with Gasteiger partial charge < -0.3 is 10.8 Å². The Morgan fingerprint density at radius 1 is 1.10 bits per heavy atom. The van der Waals surface area contributed by atoms with Crippen molar-refractivity contribution in [2.45, 2.75) is 43.3 Å². The lowest BCUT2D eigenvalue weighted by molar-refractivity contribution is -0.0328. The molecule has 0 unspecified atom stereocenters. The van der Waals surface area contributed by atoms with E-state index in [9.17, 15) is 18.3 Å². The predicted octanol–water partition coefficient (Wildman–Crippen LogP) is 4.13. The summed E-state index contributed by atoms with van der Waals surface area (Å²) in [5, 5.41) is 10.1. The molecule has 1 rings (SSSR count). The van der Waals surface area contributed by atoms with E-state index in [-0.39, 0.29) is 29.1 Å². The van der Waals surface area contributed by atoms with Crippen LogP contribution in [0.15, 0.2) is 29.2 Å². The van der Waals surface area contributed by atoms with Gasteiger partial charge in [0.1, 0.15) is 0 Å². The van der Waals surface area contributed by atoms with E-state index in [0.29, 0.717) is 5.56 Å². The van der Waals surface area contributed by atoms with Gasteiger partial charge in [-0.05, 0) is 34.9 Å². The average molecular weight is 330 g/mol. The van der Waals surface area contributed by atoms with Crippen LogP contribution in [0.5, 0.6) is 0 Å². The molecule has 7 heteroatoms. The van der Waals surface area contributed by atoms with Crippen LogP contribution in [0.25, 0.3) is 0 Å². The van der Waals surface area contributed by atoms with Crippen molar-refractivity contribution in [3.8, 4) is 0 Å². The smallest absolute Gasteiger partial charge is 0.391 e. The van der Waals surface area contributed by atoms with E-state index in [0.717, 1.165) is 0 Å². The summed E-state index contributed by atoms with van der Waals surface area (Å²) in [7, 11) is 0.